The largest absolute Gasteiger partial charge is 0.386 e. The molecule has 1 unspecified atom stereocenters. The molecule has 0 bridgehead atoms. The topological polar surface area (TPSA) is 23.5 Å². The lowest BCUT2D eigenvalue weighted by Crippen LogP contribution is -2.48. The number of hydrogen-bond donors (Lipinski definition) is 1. The van der Waals surface area contributed by atoms with Gasteiger partial charge in [0.1, 0.15) is 6.10 Å². The third-order valence-corrected chi connectivity index (χ3v) is 4.47. The van der Waals surface area contributed by atoms with Crippen LogP contribution in [0.5, 0.6) is 0 Å². The second-order valence-corrected chi connectivity index (χ2v) is 5.64. The van der Waals surface area contributed by atoms with Crippen LogP contribution in [0.3, 0.4) is 0 Å². The van der Waals surface area contributed by atoms with Crippen molar-refractivity contribution in [3.8, 4) is 0 Å². The van der Waals surface area contributed by atoms with E-state index in [-0.39, 0.29) is 5.54 Å². The van der Waals surface area contributed by atoms with E-state index >= 15 is 0 Å². The number of likely N-dealkylation sites (N-methyl/N-ethyl adjacent to an activating group) is 1. The number of hydrogen-bond acceptors (Lipinski definition) is 3. The predicted octanol–water partition coefficient (Wildman–Crippen LogP) is 3.21. The van der Waals surface area contributed by atoms with Crippen molar-refractivity contribution < 1.29 is 5.11 Å². The summed E-state index contributed by atoms with van der Waals surface area (Å²) in [5.41, 5.74) is 0.983. The van der Waals surface area contributed by atoms with Crippen molar-refractivity contribution in [3.63, 3.8) is 0 Å². The molecule has 0 saturated heterocycles. The Kier molecular flexibility index (Phi) is 4.53. The Hall–Kier alpha value is -0.380. The molecule has 0 amide bonds. The molecule has 0 aromatic carbocycles. The third-order valence-electron chi connectivity index (χ3n) is 3.40. The van der Waals surface area contributed by atoms with Gasteiger partial charge >= 0.3 is 0 Å². The van der Waals surface area contributed by atoms with E-state index in [1.54, 1.807) is 11.3 Å². The lowest BCUT2D eigenvalue weighted by atomic mass is 9.92. The zero-order chi connectivity index (χ0) is 12.3. The van der Waals surface area contributed by atoms with Crippen molar-refractivity contribution in [2.45, 2.75) is 46.3 Å². The Morgan fingerprint density at radius 3 is 2.31 bits per heavy atom. The molecule has 1 aromatic rings. The van der Waals surface area contributed by atoms with Gasteiger partial charge in [-0.15, -0.1) is 11.3 Å². The fourth-order valence-electron chi connectivity index (χ4n) is 2.20. The van der Waals surface area contributed by atoms with Crippen LogP contribution in [0, 0.1) is 6.92 Å². The molecule has 1 heterocycles. The van der Waals surface area contributed by atoms with E-state index in [0.717, 1.165) is 18.0 Å². The fraction of sp³-hybridized carbons (Fsp3) is 0.692. The molecule has 16 heavy (non-hydrogen) atoms. The zero-order valence-electron chi connectivity index (χ0n) is 10.9. The molecule has 0 spiro atoms. The minimum absolute atomic E-state index is 0.209. The highest BCUT2D eigenvalue weighted by atomic mass is 32.1. The van der Waals surface area contributed by atoms with Gasteiger partial charge in [-0.25, -0.2) is 0 Å². The number of aryl methyl sites for hydroxylation is 1. The van der Waals surface area contributed by atoms with Gasteiger partial charge in [-0.3, -0.25) is 4.90 Å². The Labute approximate surface area is 103 Å². The molecular weight excluding hydrogens is 218 g/mol. The summed E-state index contributed by atoms with van der Waals surface area (Å²) in [5, 5.41) is 12.6. The first-order valence-corrected chi connectivity index (χ1v) is 6.80. The second kappa shape index (κ2) is 5.30. The first-order valence-electron chi connectivity index (χ1n) is 5.92. The van der Waals surface area contributed by atoms with Crippen LogP contribution in [-0.2, 0) is 0 Å². The van der Waals surface area contributed by atoms with Gasteiger partial charge in [-0.1, -0.05) is 13.8 Å². The van der Waals surface area contributed by atoms with Crippen LogP contribution >= 0.6 is 11.3 Å². The highest BCUT2D eigenvalue weighted by Gasteiger charge is 2.34. The lowest BCUT2D eigenvalue weighted by molar-refractivity contribution is -0.00453. The first-order chi connectivity index (χ1) is 7.45. The number of rotatable bonds is 5. The average molecular weight is 241 g/mol. The summed E-state index contributed by atoms with van der Waals surface area (Å²) in [7, 11) is 0. The van der Waals surface area contributed by atoms with E-state index in [2.05, 4.69) is 45.6 Å². The lowest BCUT2D eigenvalue weighted by Gasteiger charge is -2.40. The van der Waals surface area contributed by atoms with Crippen LogP contribution < -0.4 is 0 Å². The molecular formula is C13H23NOS. The van der Waals surface area contributed by atoms with E-state index in [4.69, 9.17) is 0 Å². The van der Waals surface area contributed by atoms with Gasteiger partial charge in [0, 0.05) is 10.4 Å². The molecule has 0 aliphatic rings. The van der Waals surface area contributed by atoms with E-state index in [0.29, 0.717) is 0 Å². The van der Waals surface area contributed by atoms with Crippen molar-refractivity contribution in [2.75, 3.05) is 13.1 Å². The minimum atomic E-state index is -0.410. The molecule has 0 fully saturated rings. The van der Waals surface area contributed by atoms with Gasteiger partial charge < -0.3 is 5.11 Å². The van der Waals surface area contributed by atoms with Crippen molar-refractivity contribution >= 4 is 11.3 Å². The molecule has 0 aliphatic heterocycles. The number of nitrogens with zero attached hydrogens (tertiary/aromatic N) is 1. The Bertz CT molecular complexity index is 328. The minimum Gasteiger partial charge on any atom is -0.386 e. The summed E-state index contributed by atoms with van der Waals surface area (Å²) in [6, 6.07) is 2.07. The van der Waals surface area contributed by atoms with E-state index in [9.17, 15) is 5.11 Å². The average Bonchev–Trinajstić information content (AvgIpc) is 2.64. The Morgan fingerprint density at radius 1 is 1.38 bits per heavy atom. The van der Waals surface area contributed by atoms with Crippen LogP contribution in [0.1, 0.15) is 44.2 Å². The smallest absolute Gasteiger partial charge is 0.106 e. The molecule has 92 valence electrons. The van der Waals surface area contributed by atoms with Crippen molar-refractivity contribution in [1.29, 1.82) is 0 Å². The Morgan fingerprint density at radius 2 is 1.94 bits per heavy atom. The van der Waals surface area contributed by atoms with E-state index in [1.165, 1.54) is 5.56 Å². The third kappa shape index (κ3) is 2.47. The molecule has 0 radical (unpaired) electrons. The normalized spacial score (nSPS) is 14.4. The van der Waals surface area contributed by atoms with Crippen molar-refractivity contribution in [2.24, 2.45) is 0 Å². The SMILES string of the molecule is CCN(CC)C(C)(C)C(O)c1sccc1C. The van der Waals surface area contributed by atoms with Crippen LogP contribution in [0.15, 0.2) is 11.4 Å². The summed E-state index contributed by atoms with van der Waals surface area (Å²) in [4.78, 5) is 3.40. The van der Waals surface area contributed by atoms with Crippen molar-refractivity contribution in [3.05, 3.63) is 21.9 Å². The Balaban J connectivity index is 2.95. The van der Waals surface area contributed by atoms with Crippen LogP contribution in [0.4, 0.5) is 0 Å². The van der Waals surface area contributed by atoms with Crippen molar-refractivity contribution in [1.82, 2.24) is 4.90 Å². The maximum absolute atomic E-state index is 10.5. The standard InChI is InChI=1S/C13H23NOS/c1-6-14(7-2)13(4,5)12(15)11-10(3)8-9-16-11/h8-9,12,15H,6-7H2,1-5H3. The summed E-state index contributed by atoms with van der Waals surface area (Å²) < 4.78 is 0. The summed E-state index contributed by atoms with van der Waals surface area (Å²) in [5.74, 6) is 0. The zero-order valence-corrected chi connectivity index (χ0v) is 11.8. The molecule has 1 aromatic heterocycles. The van der Waals surface area contributed by atoms with Crippen LogP contribution in [0.2, 0.25) is 0 Å². The molecule has 2 nitrogen and oxygen atoms in total. The predicted molar refractivity (Wildman–Crippen MR) is 71.0 cm³/mol. The molecule has 3 heteroatoms. The summed E-state index contributed by atoms with van der Waals surface area (Å²) in [6.45, 7) is 12.5. The molecule has 1 atom stereocenters. The maximum atomic E-state index is 10.5. The summed E-state index contributed by atoms with van der Waals surface area (Å²) in [6.07, 6.45) is -0.410. The number of thiophene rings is 1. The fourth-order valence-corrected chi connectivity index (χ4v) is 3.29. The molecule has 1 N–H and O–H groups in total. The monoisotopic (exact) mass is 241 g/mol. The van der Waals surface area contributed by atoms with Gasteiger partial charge in [0.2, 0.25) is 0 Å². The highest BCUT2D eigenvalue weighted by Crippen LogP contribution is 2.35. The molecule has 0 saturated carbocycles. The van der Waals surface area contributed by atoms with Crippen LogP contribution in [0.25, 0.3) is 0 Å². The van der Waals surface area contributed by atoms with Gasteiger partial charge in [0.25, 0.3) is 0 Å². The van der Waals surface area contributed by atoms with E-state index in [1.807, 2.05) is 5.38 Å². The summed E-state index contributed by atoms with van der Waals surface area (Å²) >= 11 is 1.65. The molecule has 1 rings (SSSR count). The van der Waals surface area contributed by atoms with Gasteiger partial charge in [0.15, 0.2) is 0 Å². The number of aliphatic hydroxyl groups is 1. The number of aliphatic hydroxyl groups excluding tert-OH is 1. The quantitative estimate of drug-likeness (QED) is 0.855. The molecule has 0 aliphatic carbocycles. The van der Waals surface area contributed by atoms with Gasteiger partial charge in [0.05, 0.1) is 0 Å². The van der Waals surface area contributed by atoms with Gasteiger partial charge in [-0.2, -0.15) is 0 Å². The van der Waals surface area contributed by atoms with Crippen LogP contribution in [-0.4, -0.2) is 28.6 Å². The maximum Gasteiger partial charge on any atom is 0.106 e. The second-order valence-electron chi connectivity index (χ2n) is 4.70. The first kappa shape index (κ1) is 13.7. The highest BCUT2D eigenvalue weighted by molar-refractivity contribution is 7.10. The van der Waals surface area contributed by atoms with E-state index < -0.39 is 6.10 Å². The van der Waals surface area contributed by atoms with Gasteiger partial charge in [-0.05, 0) is 50.9 Å².